The standard InChI is InChI=1S/C17H17N3O6/c1-3-25-17(22)19-12-5-4-6-13(10-12)26-15-8-7-11(16(21)18-2)9-14(15)20(23)24/h4-10H,3H2,1-2H3,(H,18,21)(H,19,22). The number of nitro groups is 1. The van der Waals surface area contributed by atoms with Gasteiger partial charge in [0.25, 0.3) is 5.91 Å². The molecule has 136 valence electrons. The highest BCUT2D eigenvalue weighted by molar-refractivity contribution is 5.95. The molecule has 0 aromatic heterocycles. The first kappa shape index (κ1) is 18.7. The molecule has 2 N–H and O–H groups in total. The Morgan fingerprint density at radius 1 is 1.19 bits per heavy atom. The monoisotopic (exact) mass is 359 g/mol. The van der Waals surface area contributed by atoms with E-state index < -0.39 is 16.9 Å². The van der Waals surface area contributed by atoms with E-state index in [-0.39, 0.29) is 29.4 Å². The summed E-state index contributed by atoms with van der Waals surface area (Å²) < 4.78 is 10.3. The van der Waals surface area contributed by atoms with Gasteiger partial charge in [-0.05, 0) is 31.2 Å². The van der Waals surface area contributed by atoms with Crippen molar-refractivity contribution >= 4 is 23.4 Å². The van der Waals surface area contributed by atoms with E-state index in [1.807, 2.05) is 0 Å². The molecule has 2 rings (SSSR count). The normalized spacial score (nSPS) is 9.92. The molecule has 0 bridgehead atoms. The van der Waals surface area contributed by atoms with E-state index in [2.05, 4.69) is 10.6 Å². The lowest BCUT2D eigenvalue weighted by Gasteiger charge is -2.10. The second kappa shape index (κ2) is 8.47. The summed E-state index contributed by atoms with van der Waals surface area (Å²) in [5.41, 5.74) is 0.199. The van der Waals surface area contributed by atoms with Gasteiger partial charge >= 0.3 is 11.8 Å². The molecule has 0 fully saturated rings. The molecule has 0 saturated heterocycles. The van der Waals surface area contributed by atoms with E-state index in [1.54, 1.807) is 25.1 Å². The van der Waals surface area contributed by atoms with Crippen molar-refractivity contribution in [3.63, 3.8) is 0 Å². The van der Waals surface area contributed by atoms with Crippen LogP contribution in [0.3, 0.4) is 0 Å². The summed E-state index contributed by atoms with van der Waals surface area (Å²) >= 11 is 0. The Balaban J connectivity index is 2.26. The molecule has 2 aromatic rings. The summed E-state index contributed by atoms with van der Waals surface area (Å²) in [4.78, 5) is 33.7. The van der Waals surface area contributed by atoms with Crippen LogP contribution in [-0.4, -0.2) is 30.6 Å². The zero-order chi connectivity index (χ0) is 19.1. The fraction of sp³-hybridized carbons (Fsp3) is 0.176. The van der Waals surface area contributed by atoms with E-state index >= 15 is 0 Å². The van der Waals surface area contributed by atoms with Crippen LogP contribution in [0.5, 0.6) is 11.5 Å². The Labute approximate surface area is 149 Å². The van der Waals surface area contributed by atoms with E-state index in [0.29, 0.717) is 5.69 Å². The molecule has 0 saturated carbocycles. The number of carbonyl (C=O) groups is 2. The summed E-state index contributed by atoms with van der Waals surface area (Å²) in [5.74, 6) is -0.202. The highest BCUT2D eigenvalue weighted by Gasteiger charge is 2.19. The number of benzene rings is 2. The summed E-state index contributed by atoms with van der Waals surface area (Å²) in [6.07, 6.45) is -0.620. The molecule has 0 unspecified atom stereocenters. The minimum Gasteiger partial charge on any atom is -0.450 e. The quantitative estimate of drug-likeness (QED) is 0.603. The smallest absolute Gasteiger partial charge is 0.411 e. The number of nitrogens with one attached hydrogen (secondary N) is 2. The van der Waals surface area contributed by atoms with Gasteiger partial charge in [-0.15, -0.1) is 0 Å². The Kier molecular flexibility index (Phi) is 6.10. The first-order valence-electron chi connectivity index (χ1n) is 7.66. The summed E-state index contributed by atoms with van der Waals surface area (Å²) in [6.45, 7) is 1.91. The molecule has 0 aliphatic heterocycles. The first-order chi connectivity index (χ1) is 12.4. The van der Waals surface area contributed by atoms with Gasteiger partial charge in [-0.3, -0.25) is 20.2 Å². The zero-order valence-corrected chi connectivity index (χ0v) is 14.1. The maximum Gasteiger partial charge on any atom is 0.411 e. The van der Waals surface area contributed by atoms with E-state index in [9.17, 15) is 19.7 Å². The Bertz CT molecular complexity index is 837. The molecule has 0 spiro atoms. The topological polar surface area (TPSA) is 120 Å². The van der Waals surface area contributed by atoms with Crippen molar-refractivity contribution in [2.75, 3.05) is 19.0 Å². The number of nitrogens with zero attached hydrogens (tertiary/aromatic N) is 1. The van der Waals surface area contributed by atoms with Crippen molar-refractivity contribution in [3.05, 3.63) is 58.1 Å². The van der Waals surface area contributed by atoms with Gasteiger partial charge in [-0.1, -0.05) is 6.07 Å². The molecule has 2 aromatic carbocycles. The molecule has 9 nitrogen and oxygen atoms in total. The second-order valence-electron chi connectivity index (χ2n) is 4.99. The van der Waals surface area contributed by atoms with Gasteiger partial charge in [0.15, 0.2) is 0 Å². The lowest BCUT2D eigenvalue weighted by Crippen LogP contribution is -2.17. The molecule has 26 heavy (non-hydrogen) atoms. The van der Waals surface area contributed by atoms with Gasteiger partial charge in [0.2, 0.25) is 5.75 Å². The minimum absolute atomic E-state index is 0.0315. The molecular formula is C17H17N3O6. The van der Waals surface area contributed by atoms with Crippen LogP contribution in [0.15, 0.2) is 42.5 Å². The SMILES string of the molecule is CCOC(=O)Nc1cccc(Oc2ccc(C(=O)NC)cc2[N+](=O)[O-])c1. The van der Waals surface area contributed by atoms with E-state index in [1.165, 1.54) is 25.2 Å². The van der Waals surface area contributed by atoms with Crippen molar-refractivity contribution in [2.45, 2.75) is 6.92 Å². The van der Waals surface area contributed by atoms with Crippen molar-refractivity contribution in [2.24, 2.45) is 0 Å². The summed E-state index contributed by atoms with van der Waals surface area (Å²) in [7, 11) is 1.43. The molecule has 0 aliphatic carbocycles. The third-order valence-electron chi connectivity index (χ3n) is 3.23. The summed E-state index contributed by atoms with van der Waals surface area (Å²) in [5, 5.41) is 16.2. The van der Waals surface area contributed by atoms with Gasteiger partial charge in [0.05, 0.1) is 11.5 Å². The predicted octanol–water partition coefficient (Wildman–Crippen LogP) is 3.32. The average Bonchev–Trinajstić information content (AvgIpc) is 2.61. The maximum atomic E-state index is 11.6. The van der Waals surface area contributed by atoms with Crippen LogP contribution >= 0.6 is 0 Å². The van der Waals surface area contributed by atoms with Gasteiger partial charge in [0.1, 0.15) is 5.75 Å². The van der Waals surface area contributed by atoms with Gasteiger partial charge in [-0.2, -0.15) is 0 Å². The van der Waals surface area contributed by atoms with Crippen LogP contribution in [0.1, 0.15) is 17.3 Å². The number of carbonyl (C=O) groups excluding carboxylic acids is 2. The number of hydrogen-bond donors (Lipinski definition) is 2. The molecule has 0 atom stereocenters. The van der Waals surface area contributed by atoms with Gasteiger partial charge in [-0.25, -0.2) is 4.79 Å². The Morgan fingerprint density at radius 2 is 1.96 bits per heavy atom. The fourth-order valence-electron chi connectivity index (χ4n) is 2.08. The lowest BCUT2D eigenvalue weighted by molar-refractivity contribution is -0.385. The average molecular weight is 359 g/mol. The lowest BCUT2D eigenvalue weighted by atomic mass is 10.1. The minimum atomic E-state index is -0.636. The fourth-order valence-corrected chi connectivity index (χ4v) is 2.08. The molecule has 0 aliphatic rings. The number of hydrogen-bond acceptors (Lipinski definition) is 6. The first-order valence-corrected chi connectivity index (χ1v) is 7.66. The molecule has 0 radical (unpaired) electrons. The number of rotatable bonds is 6. The highest BCUT2D eigenvalue weighted by Crippen LogP contribution is 2.33. The van der Waals surface area contributed by atoms with Crippen molar-refractivity contribution < 1.29 is 24.0 Å². The molecule has 2 amide bonds. The second-order valence-corrected chi connectivity index (χ2v) is 4.99. The number of nitro benzene ring substituents is 1. The van der Waals surface area contributed by atoms with Crippen molar-refractivity contribution in [1.29, 1.82) is 0 Å². The van der Waals surface area contributed by atoms with E-state index in [0.717, 1.165) is 6.07 Å². The number of anilines is 1. The van der Waals surface area contributed by atoms with Gasteiger partial charge < -0.3 is 14.8 Å². The van der Waals surface area contributed by atoms with Crippen molar-refractivity contribution in [1.82, 2.24) is 5.32 Å². The third kappa shape index (κ3) is 4.69. The van der Waals surface area contributed by atoms with E-state index in [4.69, 9.17) is 9.47 Å². The zero-order valence-electron chi connectivity index (χ0n) is 14.1. The maximum absolute atomic E-state index is 11.6. The van der Waals surface area contributed by atoms with Crippen molar-refractivity contribution in [3.8, 4) is 11.5 Å². The van der Waals surface area contributed by atoms with Crippen LogP contribution in [0.4, 0.5) is 16.2 Å². The number of amides is 2. The van der Waals surface area contributed by atoms with Crippen LogP contribution in [0, 0.1) is 10.1 Å². The van der Waals surface area contributed by atoms with Crippen LogP contribution in [0.2, 0.25) is 0 Å². The predicted molar refractivity (Wildman–Crippen MR) is 93.6 cm³/mol. The molecular weight excluding hydrogens is 342 g/mol. The molecule has 0 heterocycles. The Morgan fingerprint density at radius 3 is 2.62 bits per heavy atom. The van der Waals surface area contributed by atoms with Crippen LogP contribution in [-0.2, 0) is 4.74 Å². The third-order valence-corrected chi connectivity index (χ3v) is 3.23. The largest absolute Gasteiger partial charge is 0.450 e. The van der Waals surface area contributed by atoms with Crippen LogP contribution < -0.4 is 15.4 Å². The molecule has 9 heteroatoms. The van der Waals surface area contributed by atoms with Crippen LogP contribution in [0.25, 0.3) is 0 Å². The number of ether oxygens (including phenoxy) is 2. The highest BCUT2D eigenvalue weighted by atomic mass is 16.6. The summed E-state index contributed by atoms with van der Waals surface area (Å²) in [6, 6.07) is 10.2. The Hall–Kier alpha value is -3.62. The van der Waals surface area contributed by atoms with Gasteiger partial charge in [0, 0.05) is 30.4 Å².